The van der Waals surface area contributed by atoms with Gasteiger partial charge < -0.3 is 19.1 Å². The van der Waals surface area contributed by atoms with Gasteiger partial charge in [0, 0.05) is 19.2 Å². The maximum atomic E-state index is 12.7. The summed E-state index contributed by atoms with van der Waals surface area (Å²) >= 11 is 0. The van der Waals surface area contributed by atoms with Gasteiger partial charge in [0.1, 0.15) is 11.9 Å². The molecule has 0 radical (unpaired) electrons. The maximum Gasteiger partial charge on any atom is 0.251 e. The fraction of sp³-hybridized carbons (Fsp3) is 0.632. The molecule has 1 aliphatic heterocycles. The molecule has 1 fully saturated rings. The zero-order valence-electron chi connectivity index (χ0n) is 15.0. The standard InChI is InChI=1S/C19H29NO4/c1-4-23-12-13-24-15(2)19(21)20-11-7-9-17(20)14-16-8-5-6-10-18(16)22-3/h5-6,8,10,15,17H,4,7,9,11-14H2,1-3H3/t15-,17+/m0/s1. The molecular weight excluding hydrogens is 306 g/mol. The first-order valence-corrected chi connectivity index (χ1v) is 8.79. The smallest absolute Gasteiger partial charge is 0.251 e. The number of amides is 1. The lowest BCUT2D eigenvalue weighted by molar-refractivity contribution is -0.144. The Morgan fingerprint density at radius 1 is 1.33 bits per heavy atom. The molecule has 5 nitrogen and oxygen atoms in total. The van der Waals surface area contributed by atoms with Crippen molar-refractivity contribution in [1.29, 1.82) is 0 Å². The molecule has 2 rings (SSSR count). The van der Waals surface area contributed by atoms with Crippen LogP contribution in [0.25, 0.3) is 0 Å². The highest BCUT2D eigenvalue weighted by molar-refractivity contribution is 5.81. The van der Waals surface area contributed by atoms with Crippen LogP contribution in [0.4, 0.5) is 0 Å². The maximum absolute atomic E-state index is 12.7. The first-order valence-electron chi connectivity index (χ1n) is 8.79. The summed E-state index contributed by atoms with van der Waals surface area (Å²) in [4.78, 5) is 14.7. The van der Waals surface area contributed by atoms with Crippen LogP contribution in [-0.2, 0) is 20.7 Å². The quantitative estimate of drug-likeness (QED) is 0.651. The summed E-state index contributed by atoms with van der Waals surface area (Å²) in [7, 11) is 1.69. The zero-order chi connectivity index (χ0) is 17.4. The van der Waals surface area contributed by atoms with Crippen molar-refractivity contribution in [2.75, 3.05) is 33.5 Å². The van der Waals surface area contributed by atoms with Crippen molar-refractivity contribution < 1.29 is 19.0 Å². The van der Waals surface area contributed by atoms with Crippen LogP contribution in [0.2, 0.25) is 0 Å². The molecule has 0 N–H and O–H groups in total. The molecule has 1 amide bonds. The Morgan fingerprint density at radius 3 is 2.88 bits per heavy atom. The zero-order valence-corrected chi connectivity index (χ0v) is 15.0. The van der Waals surface area contributed by atoms with Crippen LogP contribution < -0.4 is 4.74 Å². The van der Waals surface area contributed by atoms with Crippen LogP contribution in [-0.4, -0.2) is 56.4 Å². The highest BCUT2D eigenvalue weighted by Gasteiger charge is 2.32. The van der Waals surface area contributed by atoms with Gasteiger partial charge in [-0.2, -0.15) is 0 Å². The van der Waals surface area contributed by atoms with E-state index >= 15 is 0 Å². The third-order valence-corrected chi connectivity index (χ3v) is 4.46. The van der Waals surface area contributed by atoms with Crippen LogP contribution in [0.5, 0.6) is 5.75 Å². The van der Waals surface area contributed by atoms with Crippen molar-refractivity contribution in [2.24, 2.45) is 0 Å². The van der Waals surface area contributed by atoms with Gasteiger partial charge >= 0.3 is 0 Å². The second kappa shape index (κ2) is 9.64. The predicted molar refractivity (Wildman–Crippen MR) is 93.3 cm³/mol. The van der Waals surface area contributed by atoms with Crippen molar-refractivity contribution >= 4 is 5.91 Å². The number of likely N-dealkylation sites (tertiary alicyclic amines) is 1. The minimum atomic E-state index is -0.427. The van der Waals surface area contributed by atoms with Gasteiger partial charge in [-0.1, -0.05) is 18.2 Å². The first kappa shape index (κ1) is 18.7. The molecule has 0 unspecified atom stereocenters. The Balaban J connectivity index is 1.93. The molecule has 134 valence electrons. The van der Waals surface area contributed by atoms with Gasteiger partial charge in [-0.15, -0.1) is 0 Å². The lowest BCUT2D eigenvalue weighted by Crippen LogP contribution is -2.43. The Labute approximate surface area is 144 Å². The number of hydrogen-bond donors (Lipinski definition) is 0. The summed E-state index contributed by atoms with van der Waals surface area (Å²) in [6, 6.07) is 8.23. The average molecular weight is 335 g/mol. The van der Waals surface area contributed by atoms with Gasteiger partial charge in [0.25, 0.3) is 5.91 Å². The Hall–Kier alpha value is -1.59. The summed E-state index contributed by atoms with van der Waals surface area (Å²) in [6.45, 7) is 6.22. The molecule has 0 saturated carbocycles. The van der Waals surface area contributed by atoms with E-state index in [9.17, 15) is 4.79 Å². The van der Waals surface area contributed by atoms with E-state index in [-0.39, 0.29) is 11.9 Å². The summed E-state index contributed by atoms with van der Waals surface area (Å²) in [5, 5.41) is 0. The van der Waals surface area contributed by atoms with Crippen LogP contribution in [0.3, 0.4) is 0 Å². The lowest BCUT2D eigenvalue weighted by Gasteiger charge is -2.28. The van der Waals surface area contributed by atoms with Crippen LogP contribution >= 0.6 is 0 Å². The molecule has 1 aromatic carbocycles. The Kier molecular flexibility index (Phi) is 7.53. The van der Waals surface area contributed by atoms with E-state index in [1.165, 1.54) is 0 Å². The van der Waals surface area contributed by atoms with Gasteiger partial charge in [0.05, 0.1) is 20.3 Å². The molecule has 0 aliphatic carbocycles. The van der Waals surface area contributed by atoms with Crippen LogP contribution in [0.15, 0.2) is 24.3 Å². The number of methoxy groups -OCH3 is 1. The van der Waals surface area contributed by atoms with E-state index in [1.54, 1.807) is 7.11 Å². The molecule has 24 heavy (non-hydrogen) atoms. The molecule has 1 aromatic rings. The highest BCUT2D eigenvalue weighted by Crippen LogP contribution is 2.26. The summed E-state index contributed by atoms with van der Waals surface area (Å²) < 4.78 is 16.3. The number of benzene rings is 1. The monoisotopic (exact) mass is 335 g/mol. The molecule has 1 saturated heterocycles. The van der Waals surface area contributed by atoms with Crippen molar-refractivity contribution in [3.05, 3.63) is 29.8 Å². The number of ether oxygens (including phenoxy) is 3. The molecule has 1 aliphatic rings. The number of carbonyl (C=O) groups excluding carboxylic acids is 1. The number of rotatable bonds is 9. The molecule has 2 atom stereocenters. The number of carbonyl (C=O) groups is 1. The summed E-state index contributed by atoms with van der Waals surface area (Å²) in [5.41, 5.74) is 1.15. The summed E-state index contributed by atoms with van der Waals surface area (Å²) in [5.74, 6) is 0.960. The number of nitrogens with zero attached hydrogens (tertiary/aromatic N) is 1. The van der Waals surface area contributed by atoms with E-state index in [4.69, 9.17) is 14.2 Å². The van der Waals surface area contributed by atoms with E-state index in [2.05, 4.69) is 6.07 Å². The highest BCUT2D eigenvalue weighted by atomic mass is 16.5. The minimum Gasteiger partial charge on any atom is -0.496 e. The van der Waals surface area contributed by atoms with E-state index in [0.717, 1.165) is 37.1 Å². The first-order chi connectivity index (χ1) is 11.7. The second-order valence-electron chi connectivity index (χ2n) is 6.05. The SMILES string of the molecule is CCOCCO[C@@H](C)C(=O)N1CCC[C@@H]1Cc1ccccc1OC. The third-order valence-electron chi connectivity index (χ3n) is 4.46. The normalized spacial score (nSPS) is 18.6. The second-order valence-corrected chi connectivity index (χ2v) is 6.05. The van der Waals surface area contributed by atoms with Gasteiger partial charge in [-0.25, -0.2) is 0 Å². The lowest BCUT2D eigenvalue weighted by atomic mass is 10.0. The topological polar surface area (TPSA) is 48.0 Å². The molecule has 1 heterocycles. The van der Waals surface area contributed by atoms with Crippen molar-refractivity contribution in [3.63, 3.8) is 0 Å². The fourth-order valence-corrected chi connectivity index (χ4v) is 3.20. The molecule has 5 heteroatoms. The van der Waals surface area contributed by atoms with Crippen LogP contribution in [0.1, 0.15) is 32.3 Å². The number of hydrogen-bond acceptors (Lipinski definition) is 4. The van der Waals surface area contributed by atoms with Gasteiger partial charge in [-0.3, -0.25) is 4.79 Å². The predicted octanol–water partition coefficient (Wildman–Crippen LogP) is 2.67. The molecular formula is C19H29NO4. The molecule has 0 spiro atoms. The number of para-hydroxylation sites is 1. The van der Waals surface area contributed by atoms with Gasteiger partial charge in [0.2, 0.25) is 0 Å². The Bertz CT molecular complexity index is 520. The van der Waals surface area contributed by atoms with Crippen molar-refractivity contribution in [3.8, 4) is 5.75 Å². The van der Waals surface area contributed by atoms with Gasteiger partial charge in [0.15, 0.2) is 0 Å². The van der Waals surface area contributed by atoms with Crippen LogP contribution in [0, 0.1) is 0 Å². The Morgan fingerprint density at radius 2 is 2.12 bits per heavy atom. The third kappa shape index (κ3) is 4.95. The van der Waals surface area contributed by atoms with Gasteiger partial charge in [-0.05, 0) is 44.7 Å². The van der Waals surface area contributed by atoms with Crippen molar-refractivity contribution in [2.45, 2.75) is 45.3 Å². The van der Waals surface area contributed by atoms with E-state index < -0.39 is 6.10 Å². The average Bonchev–Trinajstić information content (AvgIpc) is 3.06. The van der Waals surface area contributed by atoms with E-state index in [0.29, 0.717) is 19.8 Å². The molecule has 0 aromatic heterocycles. The summed E-state index contributed by atoms with van der Waals surface area (Å²) in [6.07, 6.45) is 2.46. The minimum absolute atomic E-state index is 0.0731. The largest absolute Gasteiger partial charge is 0.496 e. The van der Waals surface area contributed by atoms with Crippen molar-refractivity contribution in [1.82, 2.24) is 4.90 Å². The fourth-order valence-electron chi connectivity index (χ4n) is 3.20. The van der Waals surface area contributed by atoms with E-state index in [1.807, 2.05) is 36.9 Å². The molecule has 0 bridgehead atoms.